The number of nitrogens with one attached hydrogen (secondary N) is 2. The van der Waals surface area contributed by atoms with Gasteiger partial charge in [-0.2, -0.15) is 0 Å². The van der Waals surface area contributed by atoms with Crippen LogP contribution < -0.4 is 10.6 Å². The molecule has 0 radical (unpaired) electrons. The van der Waals surface area contributed by atoms with Crippen molar-refractivity contribution in [3.8, 4) is 0 Å². The topological polar surface area (TPSA) is 50.4 Å². The molecular weight excluding hydrogens is 216 g/mol. The Kier molecular flexibility index (Phi) is 7.21. The van der Waals surface area contributed by atoms with E-state index in [1.165, 1.54) is 0 Å². The maximum absolute atomic E-state index is 11.6. The molecule has 2 N–H and O–H groups in total. The van der Waals surface area contributed by atoms with Gasteiger partial charge in [-0.25, -0.2) is 0 Å². The summed E-state index contributed by atoms with van der Waals surface area (Å²) in [5.41, 5.74) is 0. The van der Waals surface area contributed by atoms with E-state index in [4.69, 9.17) is 4.74 Å². The molecule has 4 heteroatoms. The number of rotatable bonds is 9. The second-order valence-corrected chi connectivity index (χ2v) is 4.68. The van der Waals surface area contributed by atoms with Gasteiger partial charge in [-0.3, -0.25) is 4.79 Å². The highest BCUT2D eigenvalue weighted by atomic mass is 16.5. The molecule has 0 aromatic rings. The number of ether oxygens (including phenoxy) is 1. The first kappa shape index (κ1) is 14.5. The van der Waals surface area contributed by atoms with Crippen molar-refractivity contribution in [3.05, 3.63) is 0 Å². The molecule has 1 saturated carbocycles. The molecule has 1 aliphatic carbocycles. The van der Waals surface area contributed by atoms with Crippen molar-refractivity contribution in [1.82, 2.24) is 10.6 Å². The highest BCUT2D eigenvalue weighted by Gasteiger charge is 2.30. The standard InChI is InChI=1S/C13H26N2O2/c1-3-14-6-5-7-15-13(16)10-11-8-12(9-11)17-4-2/h11-12,14H,3-10H2,1-2H3,(H,15,16). The zero-order valence-corrected chi connectivity index (χ0v) is 11.1. The summed E-state index contributed by atoms with van der Waals surface area (Å²) in [4.78, 5) is 11.6. The van der Waals surface area contributed by atoms with Crippen molar-refractivity contribution in [3.63, 3.8) is 0 Å². The lowest BCUT2D eigenvalue weighted by molar-refractivity contribution is -0.124. The minimum atomic E-state index is 0.196. The fourth-order valence-electron chi connectivity index (χ4n) is 2.17. The van der Waals surface area contributed by atoms with E-state index in [1.807, 2.05) is 6.92 Å². The number of hydrogen-bond donors (Lipinski definition) is 2. The van der Waals surface area contributed by atoms with Crippen LogP contribution in [-0.4, -0.2) is 38.3 Å². The predicted octanol–water partition coefficient (Wildman–Crippen LogP) is 1.31. The molecule has 1 aliphatic rings. The molecule has 100 valence electrons. The van der Waals surface area contributed by atoms with Gasteiger partial charge in [-0.15, -0.1) is 0 Å². The molecule has 1 amide bonds. The summed E-state index contributed by atoms with van der Waals surface area (Å²) in [7, 11) is 0. The summed E-state index contributed by atoms with van der Waals surface area (Å²) in [6, 6.07) is 0. The fourth-order valence-corrected chi connectivity index (χ4v) is 2.17. The number of amides is 1. The van der Waals surface area contributed by atoms with Crippen LogP contribution in [0.15, 0.2) is 0 Å². The molecule has 0 saturated heterocycles. The van der Waals surface area contributed by atoms with E-state index < -0.39 is 0 Å². The average Bonchev–Trinajstić information content (AvgIpc) is 2.26. The van der Waals surface area contributed by atoms with E-state index in [1.54, 1.807) is 0 Å². The second kappa shape index (κ2) is 8.48. The van der Waals surface area contributed by atoms with Gasteiger partial charge in [0, 0.05) is 19.6 Å². The Balaban J connectivity index is 1.92. The highest BCUT2D eigenvalue weighted by molar-refractivity contribution is 5.76. The minimum Gasteiger partial charge on any atom is -0.378 e. The van der Waals surface area contributed by atoms with Gasteiger partial charge in [0.15, 0.2) is 0 Å². The SMILES string of the molecule is CCNCCCNC(=O)CC1CC(OCC)C1. The van der Waals surface area contributed by atoms with Gasteiger partial charge in [-0.1, -0.05) is 6.92 Å². The molecule has 17 heavy (non-hydrogen) atoms. The first-order valence-electron chi connectivity index (χ1n) is 6.85. The molecule has 1 fully saturated rings. The fraction of sp³-hybridized carbons (Fsp3) is 0.923. The Morgan fingerprint density at radius 1 is 1.29 bits per heavy atom. The van der Waals surface area contributed by atoms with E-state index >= 15 is 0 Å². The summed E-state index contributed by atoms with van der Waals surface area (Å²) in [6.45, 7) is 7.65. The van der Waals surface area contributed by atoms with Crippen LogP contribution in [0.5, 0.6) is 0 Å². The van der Waals surface area contributed by atoms with E-state index in [-0.39, 0.29) is 5.91 Å². The lowest BCUT2D eigenvalue weighted by atomic mass is 9.80. The maximum Gasteiger partial charge on any atom is 0.220 e. The molecule has 0 heterocycles. The summed E-state index contributed by atoms with van der Waals surface area (Å²) in [6.07, 6.45) is 4.19. The van der Waals surface area contributed by atoms with Crippen LogP contribution in [0.1, 0.15) is 39.5 Å². The number of carbonyl (C=O) groups excluding carboxylic acids is 1. The Bertz CT molecular complexity index is 215. The largest absolute Gasteiger partial charge is 0.378 e. The zero-order chi connectivity index (χ0) is 12.5. The Morgan fingerprint density at radius 2 is 2.06 bits per heavy atom. The third-order valence-electron chi connectivity index (χ3n) is 3.17. The summed E-state index contributed by atoms with van der Waals surface area (Å²) in [5.74, 6) is 0.738. The molecule has 0 bridgehead atoms. The quantitative estimate of drug-likeness (QED) is 0.599. The van der Waals surface area contributed by atoms with Crippen LogP contribution in [0, 0.1) is 5.92 Å². The van der Waals surface area contributed by atoms with Crippen molar-refractivity contribution in [1.29, 1.82) is 0 Å². The Hall–Kier alpha value is -0.610. The molecule has 0 aromatic carbocycles. The van der Waals surface area contributed by atoms with Crippen LogP contribution in [0.3, 0.4) is 0 Å². The van der Waals surface area contributed by atoms with Gasteiger partial charge in [-0.05, 0) is 45.2 Å². The third-order valence-corrected chi connectivity index (χ3v) is 3.17. The molecule has 0 unspecified atom stereocenters. The summed E-state index contributed by atoms with van der Waals surface area (Å²) >= 11 is 0. The minimum absolute atomic E-state index is 0.196. The normalized spacial score (nSPS) is 23.2. The van der Waals surface area contributed by atoms with Crippen LogP contribution >= 0.6 is 0 Å². The van der Waals surface area contributed by atoms with Gasteiger partial charge >= 0.3 is 0 Å². The molecule has 1 rings (SSSR count). The van der Waals surface area contributed by atoms with Gasteiger partial charge in [0.1, 0.15) is 0 Å². The van der Waals surface area contributed by atoms with E-state index in [0.717, 1.165) is 45.5 Å². The van der Waals surface area contributed by atoms with Gasteiger partial charge in [0.25, 0.3) is 0 Å². The lowest BCUT2D eigenvalue weighted by Gasteiger charge is -2.34. The Labute approximate surface area is 104 Å². The van der Waals surface area contributed by atoms with Crippen LogP contribution in [0.4, 0.5) is 0 Å². The maximum atomic E-state index is 11.6. The van der Waals surface area contributed by atoms with Gasteiger partial charge in [0.2, 0.25) is 5.91 Å². The summed E-state index contributed by atoms with van der Waals surface area (Å²) < 4.78 is 5.48. The molecular formula is C13H26N2O2. The van der Waals surface area contributed by atoms with Crippen molar-refractivity contribution in [2.75, 3.05) is 26.2 Å². The van der Waals surface area contributed by atoms with Crippen molar-refractivity contribution in [2.45, 2.75) is 45.6 Å². The molecule has 0 aliphatic heterocycles. The first-order chi connectivity index (χ1) is 8.26. The predicted molar refractivity (Wildman–Crippen MR) is 68.9 cm³/mol. The summed E-state index contributed by atoms with van der Waals surface area (Å²) in [5, 5.41) is 6.20. The average molecular weight is 242 g/mol. The van der Waals surface area contributed by atoms with Crippen LogP contribution in [0.2, 0.25) is 0 Å². The molecule has 0 aromatic heterocycles. The van der Waals surface area contributed by atoms with Crippen LogP contribution in [0.25, 0.3) is 0 Å². The zero-order valence-electron chi connectivity index (χ0n) is 11.1. The van der Waals surface area contributed by atoms with Crippen LogP contribution in [-0.2, 0) is 9.53 Å². The number of carbonyl (C=O) groups is 1. The molecule has 0 atom stereocenters. The molecule has 0 spiro atoms. The highest BCUT2D eigenvalue weighted by Crippen LogP contribution is 2.32. The van der Waals surface area contributed by atoms with Gasteiger partial charge < -0.3 is 15.4 Å². The van der Waals surface area contributed by atoms with E-state index in [9.17, 15) is 4.79 Å². The smallest absolute Gasteiger partial charge is 0.220 e. The van der Waals surface area contributed by atoms with Crippen molar-refractivity contribution < 1.29 is 9.53 Å². The lowest BCUT2D eigenvalue weighted by Crippen LogP contribution is -2.36. The van der Waals surface area contributed by atoms with Gasteiger partial charge in [0.05, 0.1) is 6.10 Å². The van der Waals surface area contributed by atoms with E-state index in [2.05, 4.69) is 17.6 Å². The first-order valence-corrected chi connectivity index (χ1v) is 6.85. The third kappa shape index (κ3) is 6.03. The monoisotopic (exact) mass is 242 g/mol. The molecule has 4 nitrogen and oxygen atoms in total. The Morgan fingerprint density at radius 3 is 2.71 bits per heavy atom. The second-order valence-electron chi connectivity index (χ2n) is 4.68. The van der Waals surface area contributed by atoms with Crippen molar-refractivity contribution >= 4 is 5.91 Å². The van der Waals surface area contributed by atoms with Crippen molar-refractivity contribution in [2.24, 2.45) is 5.92 Å². The van der Waals surface area contributed by atoms with E-state index in [0.29, 0.717) is 18.4 Å². The number of hydrogen-bond acceptors (Lipinski definition) is 3.